The van der Waals surface area contributed by atoms with Crippen LogP contribution < -0.4 is 19.5 Å². The van der Waals surface area contributed by atoms with Crippen molar-refractivity contribution in [1.82, 2.24) is 0 Å². The summed E-state index contributed by atoms with van der Waals surface area (Å²) in [6.07, 6.45) is -0.964. The molecule has 3 aromatic rings. The standard InChI is InChI=1S/C23H19ClN2O4/c1-28-19-11-9-17(13-18(19)24)26-23(27)22(16-6-4-3-5-7-16)30-20-10-8-15(14-25)12-21(20)29-2/h3-13,22H,1-2H3,(H,26,27)/t22-/m0/s1. The van der Waals surface area contributed by atoms with E-state index in [1.807, 2.05) is 24.3 Å². The van der Waals surface area contributed by atoms with Gasteiger partial charge in [-0.15, -0.1) is 0 Å². The molecule has 30 heavy (non-hydrogen) atoms. The number of carbonyl (C=O) groups excluding carboxylic acids is 1. The summed E-state index contributed by atoms with van der Waals surface area (Å²) in [5.74, 6) is 0.810. The Hall–Kier alpha value is -3.69. The average Bonchev–Trinajstić information content (AvgIpc) is 2.78. The van der Waals surface area contributed by atoms with Crippen LogP contribution >= 0.6 is 11.6 Å². The molecule has 0 saturated carbocycles. The first-order chi connectivity index (χ1) is 14.5. The van der Waals surface area contributed by atoms with Crippen molar-refractivity contribution in [2.75, 3.05) is 19.5 Å². The molecule has 0 heterocycles. The fourth-order valence-electron chi connectivity index (χ4n) is 2.81. The molecular weight excluding hydrogens is 404 g/mol. The molecule has 0 aliphatic heterocycles. The van der Waals surface area contributed by atoms with Gasteiger partial charge in [0.05, 0.1) is 30.9 Å². The van der Waals surface area contributed by atoms with Crippen molar-refractivity contribution in [3.63, 3.8) is 0 Å². The van der Waals surface area contributed by atoms with E-state index in [1.54, 1.807) is 48.5 Å². The molecular formula is C23H19ClN2O4. The molecule has 1 N–H and O–H groups in total. The van der Waals surface area contributed by atoms with Gasteiger partial charge in [-0.3, -0.25) is 4.79 Å². The third-order valence-electron chi connectivity index (χ3n) is 4.30. The van der Waals surface area contributed by atoms with Crippen molar-refractivity contribution in [3.8, 4) is 23.3 Å². The number of carbonyl (C=O) groups is 1. The van der Waals surface area contributed by atoms with Crippen LogP contribution in [0.25, 0.3) is 0 Å². The lowest BCUT2D eigenvalue weighted by Gasteiger charge is -2.21. The molecule has 0 fully saturated rings. The molecule has 7 heteroatoms. The minimum Gasteiger partial charge on any atom is -0.495 e. The summed E-state index contributed by atoms with van der Waals surface area (Å²) in [4.78, 5) is 13.1. The maximum atomic E-state index is 13.1. The van der Waals surface area contributed by atoms with Crippen molar-refractivity contribution >= 4 is 23.2 Å². The van der Waals surface area contributed by atoms with Crippen LogP contribution in [0.1, 0.15) is 17.2 Å². The molecule has 0 saturated heterocycles. The fourth-order valence-corrected chi connectivity index (χ4v) is 3.07. The quantitative estimate of drug-likeness (QED) is 0.580. The Labute approximate surface area is 179 Å². The van der Waals surface area contributed by atoms with Gasteiger partial charge in [0, 0.05) is 17.3 Å². The van der Waals surface area contributed by atoms with Crippen LogP contribution in [-0.4, -0.2) is 20.1 Å². The highest BCUT2D eigenvalue weighted by molar-refractivity contribution is 6.32. The normalized spacial score (nSPS) is 11.1. The second-order valence-corrected chi connectivity index (χ2v) is 6.63. The number of hydrogen-bond donors (Lipinski definition) is 1. The number of methoxy groups -OCH3 is 2. The number of benzene rings is 3. The van der Waals surface area contributed by atoms with Crippen LogP contribution in [0.15, 0.2) is 66.7 Å². The average molecular weight is 423 g/mol. The highest BCUT2D eigenvalue weighted by atomic mass is 35.5. The van der Waals surface area contributed by atoms with Crippen molar-refractivity contribution in [3.05, 3.63) is 82.9 Å². The topological polar surface area (TPSA) is 80.6 Å². The van der Waals surface area contributed by atoms with E-state index in [-0.39, 0.29) is 0 Å². The van der Waals surface area contributed by atoms with Crippen molar-refractivity contribution in [2.45, 2.75) is 6.10 Å². The summed E-state index contributed by atoms with van der Waals surface area (Å²) in [5, 5.41) is 12.3. The predicted octanol–water partition coefficient (Wildman–Crippen LogP) is 4.99. The lowest BCUT2D eigenvalue weighted by atomic mass is 10.1. The van der Waals surface area contributed by atoms with E-state index in [0.717, 1.165) is 0 Å². The Bertz CT molecular complexity index is 1080. The maximum absolute atomic E-state index is 13.1. The molecule has 0 aromatic heterocycles. The number of rotatable bonds is 7. The lowest BCUT2D eigenvalue weighted by molar-refractivity contribution is -0.123. The van der Waals surface area contributed by atoms with Gasteiger partial charge in [0.1, 0.15) is 5.75 Å². The first kappa shape index (κ1) is 21.0. The Morgan fingerprint density at radius 2 is 1.67 bits per heavy atom. The summed E-state index contributed by atoms with van der Waals surface area (Å²) in [6.45, 7) is 0. The molecule has 0 aliphatic rings. The third-order valence-corrected chi connectivity index (χ3v) is 4.59. The first-order valence-corrected chi connectivity index (χ1v) is 9.37. The van der Waals surface area contributed by atoms with Gasteiger partial charge in [0.2, 0.25) is 6.10 Å². The molecule has 0 bridgehead atoms. The highest BCUT2D eigenvalue weighted by Gasteiger charge is 2.24. The van der Waals surface area contributed by atoms with Crippen LogP contribution in [0.5, 0.6) is 17.2 Å². The van der Waals surface area contributed by atoms with Crippen LogP contribution in [0, 0.1) is 11.3 Å². The molecule has 1 atom stereocenters. The van der Waals surface area contributed by atoms with E-state index in [9.17, 15) is 4.79 Å². The molecule has 6 nitrogen and oxygen atoms in total. The van der Waals surface area contributed by atoms with Crippen molar-refractivity contribution in [2.24, 2.45) is 0 Å². The minimum absolute atomic E-state index is 0.341. The number of nitrogens with one attached hydrogen (secondary N) is 1. The van der Waals surface area contributed by atoms with Crippen LogP contribution in [-0.2, 0) is 4.79 Å². The number of nitriles is 1. The zero-order valence-electron chi connectivity index (χ0n) is 16.4. The maximum Gasteiger partial charge on any atom is 0.270 e. The second-order valence-electron chi connectivity index (χ2n) is 6.22. The summed E-state index contributed by atoms with van der Waals surface area (Å²) in [5.41, 5.74) is 1.58. The Morgan fingerprint density at radius 3 is 2.30 bits per heavy atom. The molecule has 0 unspecified atom stereocenters. The van der Waals surface area contributed by atoms with Gasteiger partial charge in [-0.2, -0.15) is 5.26 Å². The van der Waals surface area contributed by atoms with E-state index in [1.165, 1.54) is 14.2 Å². The van der Waals surface area contributed by atoms with Crippen molar-refractivity contribution < 1.29 is 19.0 Å². The fraction of sp³-hybridized carbons (Fsp3) is 0.130. The number of anilines is 1. The Kier molecular flexibility index (Phi) is 6.79. The molecule has 0 spiro atoms. The zero-order valence-corrected chi connectivity index (χ0v) is 17.1. The molecule has 0 radical (unpaired) electrons. The number of amides is 1. The number of ether oxygens (including phenoxy) is 3. The third kappa shape index (κ3) is 4.83. The SMILES string of the molecule is COc1ccc(NC(=O)[C@@H](Oc2ccc(C#N)cc2OC)c2ccccc2)cc1Cl. The minimum atomic E-state index is -0.964. The van der Waals surface area contributed by atoms with Gasteiger partial charge >= 0.3 is 0 Å². The number of halogens is 1. The predicted molar refractivity (Wildman–Crippen MR) is 114 cm³/mol. The summed E-state index contributed by atoms with van der Waals surface area (Å²) >= 11 is 6.16. The van der Waals surface area contributed by atoms with Gasteiger partial charge in [0.15, 0.2) is 11.5 Å². The van der Waals surface area contributed by atoms with Gasteiger partial charge < -0.3 is 19.5 Å². The highest BCUT2D eigenvalue weighted by Crippen LogP contribution is 2.33. The number of nitrogens with zero attached hydrogens (tertiary/aromatic N) is 1. The Morgan fingerprint density at radius 1 is 0.967 bits per heavy atom. The Balaban J connectivity index is 1.91. The smallest absolute Gasteiger partial charge is 0.270 e. The van der Waals surface area contributed by atoms with Crippen LogP contribution in [0.2, 0.25) is 5.02 Å². The van der Waals surface area contributed by atoms with Gasteiger partial charge in [-0.25, -0.2) is 0 Å². The van der Waals surface area contributed by atoms with E-state index >= 15 is 0 Å². The van der Waals surface area contributed by atoms with Crippen molar-refractivity contribution in [1.29, 1.82) is 5.26 Å². The summed E-state index contributed by atoms with van der Waals surface area (Å²) in [7, 11) is 2.99. The van der Waals surface area contributed by atoms with Gasteiger partial charge in [-0.1, -0.05) is 41.9 Å². The van der Waals surface area contributed by atoms with Gasteiger partial charge in [0.25, 0.3) is 5.91 Å². The molecule has 0 aliphatic carbocycles. The van der Waals surface area contributed by atoms with Crippen LogP contribution in [0.4, 0.5) is 5.69 Å². The summed E-state index contributed by atoms with van der Waals surface area (Å²) in [6, 6.07) is 20.8. The zero-order chi connectivity index (χ0) is 21.5. The first-order valence-electron chi connectivity index (χ1n) is 9.00. The van der Waals surface area contributed by atoms with E-state index in [0.29, 0.717) is 39.1 Å². The summed E-state index contributed by atoms with van der Waals surface area (Å²) < 4.78 is 16.5. The monoisotopic (exact) mass is 422 g/mol. The largest absolute Gasteiger partial charge is 0.495 e. The molecule has 3 rings (SSSR count). The molecule has 152 valence electrons. The van der Waals surface area contributed by atoms with Gasteiger partial charge in [-0.05, 0) is 30.3 Å². The number of hydrogen-bond acceptors (Lipinski definition) is 5. The second kappa shape index (κ2) is 9.68. The van der Waals surface area contributed by atoms with E-state index in [2.05, 4.69) is 5.32 Å². The lowest BCUT2D eigenvalue weighted by Crippen LogP contribution is -2.25. The van der Waals surface area contributed by atoms with E-state index in [4.69, 9.17) is 31.1 Å². The molecule has 3 aromatic carbocycles. The van der Waals surface area contributed by atoms with E-state index < -0.39 is 12.0 Å². The molecule has 1 amide bonds. The van der Waals surface area contributed by atoms with Crippen LogP contribution in [0.3, 0.4) is 0 Å².